The fourth-order valence-corrected chi connectivity index (χ4v) is 4.44. The number of aliphatic carboxylic acids is 1. The number of aryl methyl sites for hydroxylation is 1. The van der Waals surface area contributed by atoms with Crippen LogP contribution >= 0.6 is 0 Å². The lowest BCUT2D eigenvalue weighted by Gasteiger charge is -2.37. The third kappa shape index (κ3) is 2.83. The van der Waals surface area contributed by atoms with Gasteiger partial charge in [0.2, 0.25) is 0 Å². The van der Waals surface area contributed by atoms with E-state index in [9.17, 15) is 9.90 Å². The molecule has 9 heteroatoms. The van der Waals surface area contributed by atoms with Gasteiger partial charge in [-0.25, -0.2) is 9.67 Å². The third-order valence-electron chi connectivity index (χ3n) is 6.23. The number of fused-ring (bicyclic) bond motifs is 1. The number of rotatable bonds is 5. The second-order valence-corrected chi connectivity index (χ2v) is 8.15. The summed E-state index contributed by atoms with van der Waals surface area (Å²) in [7, 11) is 0. The third-order valence-corrected chi connectivity index (χ3v) is 6.23. The molecule has 0 aromatic carbocycles. The molecule has 3 aliphatic rings. The lowest BCUT2D eigenvalue weighted by Crippen LogP contribution is -2.43. The Morgan fingerprint density at radius 1 is 1.48 bits per heavy atom. The topological polar surface area (TPSA) is 125 Å². The number of nitrogens with one attached hydrogen (secondary N) is 2. The van der Waals surface area contributed by atoms with E-state index in [1.807, 2.05) is 17.7 Å². The number of pyridine rings is 1. The average molecular weight is 394 g/mol. The minimum absolute atomic E-state index is 0.0244. The highest BCUT2D eigenvalue weighted by atomic mass is 16.7. The van der Waals surface area contributed by atoms with Gasteiger partial charge in [0, 0.05) is 24.3 Å². The van der Waals surface area contributed by atoms with Gasteiger partial charge in [0.15, 0.2) is 5.65 Å². The second kappa shape index (κ2) is 6.46. The van der Waals surface area contributed by atoms with Gasteiger partial charge in [-0.15, -0.1) is 0 Å². The summed E-state index contributed by atoms with van der Waals surface area (Å²) in [6, 6.07) is 2.38. The van der Waals surface area contributed by atoms with E-state index in [0.717, 1.165) is 28.0 Å². The average Bonchev–Trinajstić information content (AvgIpc) is 3.26. The van der Waals surface area contributed by atoms with Crippen LogP contribution in [0, 0.1) is 23.2 Å². The van der Waals surface area contributed by atoms with Crippen molar-refractivity contribution in [3.05, 3.63) is 24.0 Å². The number of nitrogens with zero attached hydrogens (tertiary/aromatic N) is 4. The quantitative estimate of drug-likeness (QED) is 0.705. The first kappa shape index (κ1) is 17.9. The van der Waals surface area contributed by atoms with E-state index in [4.69, 9.17) is 10.1 Å². The van der Waals surface area contributed by atoms with Gasteiger partial charge in [-0.2, -0.15) is 10.4 Å². The lowest BCUT2D eigenvalue weighted by molar-refractivity contribution is -0.144. The lowest BCUT2D eigenvalue weighted by atomic mass is 9.71. The van der Waals surface area contributed by atoms with E-state index in [1.165, 1.54) is 0 Å². The van der Waals surface area contributed by atoms with Gasteiger partial charge in [-0.3, -0.25) is 15.1 Å². The summed E-state index contributed by atoms with van der Waals surface area (Å²) in [6.07, 6.45) is 8.18. The Labute approximate surface area is 167 Å². The molecule has 0 atom stereocenters. The highest BCUT2D eigenvalue weighted by Crippen LogP contribution is 2.46. The largest absolute Gasteiger partial charge is 0.481 e. The predicted octanol–water partition coefficient (Wildman–Crippen LogP) is 2.27. The minimum atomic E-state index is -0.741. The molecule has 1 aliphatic heterocycles. The van der Waals surface area contributed by atoms with E-state index in [1.54, 1.807) is 12.4 Å². The van der Waals surface area contributed by atoms with Crippen LogP contribution in [-0.2, 0) is 16.2 Å². The molecule has 0 amide bonds. The Hall–Kier alpha value is -3.12. The SMILES string of the molecule is CCn1ncc2c(NC3CC(C(=O)O)C3)c(C3=CC4(CC(C#N)C4)ON3)cnc21. The highest BCUT2D eigenvalue weighted by Gasteiger charge is 2.48. The van der Waals surface area contributed by atoms with E-state index >= 15 is 0 Å². The Kier molecular flexibility index (Phi) is 3.99. The molecule has 2 fully saturated rings. The normalized spacial score (nSPS) is 30.2. The van der Waals surface area contributed by atoms with Crippen molar-refractivity contribution in [2.24, 2.45) is 11.8 Å². The smallest absolute Gasteiger partial charge is 0.306 e. The molecular formula is C20H22N6O3. The van der Waals surface area contributed by atoms with Gasteiger partial charge < -0.3 is 10.4 Å². The Morgan fingerprint density at radius 3 is 2.97 bits per heavy atom. The van der Waals surface area contributed by atoms with Crippen LogP contribution in [0.3, 0.4) is 0 Å². The van der Waals surface area contributed by atoms with E-state index in [-0.39, 0.29) is 17.9 Å². The van der Waals surface area contributed by atoms with E-state index < -0.39 is 11.6 Å². The van der Waals surface area contributed by atoms with Crippen molar-refractivity contribution >= 4 is 28.4 Å². The Morgan fingerprint density at radius 2 is 2.28 bits per heavy atom. The first-order valence-electron chi connectivity index (χ1n) is 9.92. The highest BCUT2D eigenvalue weighted by molar-refractivity contribution is 5.96. The van der Waals surface area contributed by atoms with Crippen molar-refractivity contribution < 1.29 is 14.7 Å². The number of carboxylic acids is 1. The maximum absolute atomic E-state index is 11.2. The summed E-state index contributed by atoms with van der Waals surface area (Å²) in [4.78, 5) is 21.6. The first-order valence-corrected chi connectivity index (χ1v) is 9.92. The molecule has 9 nitrogen and oxygen atoms in total. The van der Waals surface area contributed by atoms with Gasteiger partial charge in [0.25, 0.3) is 0 Å². The van der Waals surface area contributed by atoms with Crippen LogP contribution in [0.1, 0.15) is 38.2 Å². The van der Waals surface area contributed by atoms with Crippen molar-refractivity contribution in [3.8, 4) is 6.07 Å². The Bertz CT molecular complexity index is 1060. The Balaban J connectivity index is 1.49. The molecule has 3 heterocycles. The summed E-state index contributed by atoms with van der Waals surface area (Å²) in [5, 5.41) is 27.1. The standard InChI is InChI=1S/C20H22N6O3/c1-2-26-18-15(10-23-26)17(24-13-3-12(4-13)19(27)28)14(9-22-18)16-7-20(29-25-16)5-11(6-20)8-21/h7,9-13,25H,2-6H2,1H3,(H,22,24)(H,27,28). The number of carbonyl (C=O) groups is 1. The fourth-order valence-electron chi connectivity index (χ4n) is 4.44. The number of aromatic nitrogens is 3. The summed E-state index contributed by atoms with van der Waals surface area (Å²) in [5.74, 6) is -1.01. The summed E-state index contributed by atoms with van der Waals surface area (Å²) in [5.41, 5.74) is 5.95. The van der Waals surface area contributed by atoms with E-state index in [2.05, 4.69) is 26.9 Å². The molecule has 150 valence electrons. The molecule has 0 bridgehead atoms. The number of hydrogen-bond donors (Lipinski definition) is 3. The number of anilines is 1. The van der Waals surface area contributed by atoms with Crippen LogP contribution in [0.15, 0.2) is 18.5 Å². The molecule has 3 N–H and O–H groups in total. The van der Waals surface area contributed by atoms with Crippen molar-refractivity contribution in [1.82, 2.24) is 20.2 Å². The van der Waals surface area contributed by atoms with Crippen molar-refractivity contribution in [2.45, 2.75) is 50.8 Å². The van der Waals surface area contributed by atoms with Crippen LogP contribution in [0.4, 0.5) is 5.69 Å². The van der Waals surface area contributed by atoms with Crippen LogP contribution < -0.4 is 10.8 Å². The van der Waals surface area contributed by atoms with Gasteiger partial charge >= 0.3 is 5.97 Å². The summed E-state index contributed by atoms with van der Waals surface area (Å²) < 4.78 is 1.84. The maximum Gasteiger partial charge on any atom is 0.306 e. The zero-order valence-corrected chi connectivity index (χ0v) is 16.1. The molecule has 29 heavy (non-hydrogen) atoms. The van der Waals surface area contributed by atoms with Crippen LogP contribution in [0.25, 0.3) is 16.7 Å². The molecule has 2 aromatic heterocycles. The van der Waals surface area contributed by atoms with Crippen molar-refractivity contribution in [3.63, 3.8) is 0 Å². The van der Waals surface area contributed by atoms with Crippen LogP contribution in [-0.4, -0.2) is 37.5 Å². The number of carboxylic acid groups (broad SMARTS) is 1. The van der Waals surface area contributed by atoms with Gasteiger partial charge in [0.05, 0.1) is 40.9 Å². The zero-order chi connectivity index (χ0) is 20.2. The molecule has 5 rings (SSSR count). The van der Waals surface area contributed by atoms with E-state index in [0.29, 0.717) is 32.2 Å². The minimum Gasteiger partial charge on any atom is -0.481 e. The molecule has 0 unspecified atom stereocenters. The summed E-state index contributed by atoms with van der Waals surface area (Å²) >= 11 is 0. The van der Waals surface area contributed by atoms with Crippen molar-refractivity contribution in [2.75, 3.05) is 5.32 Å². The number of nitriles is 1. The molecule has 2 aromatic rings. The monoisotopic (exact) mass is 394 g/mol. The second-order valence-electron chi connectivity index (χ2n) is 8.15. The molecule has 0 saturated heterocycles. The number of hydroxylamine groups is 1. The first-order chi connectivity index (χ1) is 14.0. The van der Waals surface area contributed by atoms with Crippen molar-refractivity contribution in [1.29, 1.82) is 5.26 Å². The fraction of sp³-hybridized carbons (Fsp3) is 0.500. The zero-order valence-electron chi connectivity index (χ0n) is 16.1. The number of hydrogen-bond acceptors (Lipinski definition) is 7. The molecule has 0 radical (unpaired) electrons. The van der Waals surface area contributed by atoms with Gasteiger partial charge in [-0.05, 0) is 38.7 Å². The van der Waals surface area contributed by atoms with Crippen LogP contribution in [0.2, 0.25) is 0 Å². The van der Waals surface area contributed by atoms with Gasteiger partial charge in [-0.1, -0.05) is 0 Å². The molecule has 2 saturated carbocycles. The summed E-state index contributed by atoms with van der Waals surface area (Å²) in [6.45, 7) is 2.72. The predicted molar refractivity (Wildman–Crippen MR) is 104 cm³/mol. The van der Waals surface area contributed by atoms with Crippen LogP contribution in [0.5, 0.6) is 0 Å². The molecule has 2 aliphatic carbocycles. The van der Waals surface area contributed by atoms with Gasteiger partial charge in [0.1, 0.15) is 5.60 Å². The maximum atomic E-state index is 11.2. The molecular weight excluding hydrogens is 372 g/mol. The molecule has 1 spiro atoms.